The van der Waals surface area contributed by atoms with Crippen LogP contribution in [0.15, 0.2) is 53.5 Å². The van der Waals surface area contributed by atoms with Crippen molar-refractivity contribution in [2.24, 2.45) is 10.7 Å². The van der Waals surface area contributed by atoms with E-state index in [4.69, 9.17) is 10.5 Å². The van der Waals surface area contributed by atoms with E-state index in [1.54, 1.807) is 7.11 Å². The lowest BCUT2D eigenvalue weighted by Gasteiger charge is -2.23. The Morgan fingerprint density at radius 3 is 2.48 bits per heavy atom. The predicted molar refractivity (Wildman–Crippen MR) is 105 cm³/mol. The van der Waals surface area contributed by atoms with E-state index < -0.39 is 0 Å². The lowest BCUT2D eigenvalue weighted by molar-refractivity contribution is 0.185. The summed E-state index contributed by atoms with van der Waals surface area (Å²) in [5.41, 5.74) is 10.5. The first-order valence-corrected chi connectivity index (χ1v) is 8.38. The van der Waals surface area contributed by atoms with Crippen LogP contribution < -0.4 is 11.1 Å². The highest BCUT2D eigenvalue weighted by Gasteiger charge is 2.13. The van der Waals surface area contributed by atoms with Gasteiger partial charge in [0.1, 0.15) is 0 Å². The third-order valence-electron chi connectivity index (χ3n) is 4.10. The van der Waals surface area contributed by atoms with E-state index >= 15 is 0 Å². The Balaban J connectivity index is 2.09. The number of guanidine groups is 1. The number of benzene rings is 2. The minimum Gasteiger partial charge on any atom is -0.380 e. The van der Waals surface area contributed by atoms with Crippen molar-refractivity contribution in [2.75, 3.05) is 33.1 Å². The zero-order valence-electron chi connectivity index (χ0n) is 15.5. The van der Waals surface area contributed by atoms with Crippen LogP contribution in [0.4, 0.5) is 5.69 Å². The summed E-state index contributed by atoms with van der Waals surface area (Å²) in [6, 6.07) is 16.6. The molecule has 0 aliphatic rings. The number of hydrogen-bond acceptors (Lipinski definition) is 3. The lowest BCUT2D eigenvalue weighted by atomic mass is 10.0. The molecule has 0 radical (unpaired) electrons. The smallest absolute Gasteiger partial charge is 0.193 e. The number of likely N-dealkylation sites (N-methyl/N-ethyl adjacent to an activating group) is 1. The van der Waals surface area contributed by atoms with Crippen molar-refractivity contribution in [3.05, 3.63) is 65.2 Å². The lowest BCUT2D eigenvalue weighted by Crippen LogP contribution is -2.27. The molecule has 0 aliphatic heterocycles. The van der Waals surface area contributed by atoms with Crippen molar-refractivity contribution >= 4 is 11.6 Å². The first-order chi connectivity index (χ1) is 12.0. The average molecular weight is 340 g/mol. The quantitative estimate of drug-likeness (QED) is 0.600. The number of hydrogen-bond donors (Lipinski definition) is 2. The molecular formula is C20H28N4O. The molecule has 0 aliphatic carbocycles. The second kappa shape index (κ2) is 9.20. The first kappa shape index (κ1) is 19.0. The molecule has 3 N–H and O–H groups in total. The van der Waals surface area contributed by atoms with Crippen molar-refractivity contribution in [3.63, 3.8) is 0 Å². The Morgan fingerprint density at radius 1 is 1.16 bits per heavy atom. The topological polar surface area (TPSA) is 62.9 Å². The van der Waals surface area contributed by atoms with Crippen LogP contribution in [-0.2, 0) is 11.3 Å². The van der Waals surface area contributed by atoms with E-state index in [2.05, 4.69) is 60.5 Å². The molecule has 2 aromatic rings. The highest BCUT2D eigenvalue weighted by atomic mass is 16.5. The third-order valence-corrected chi connectivity index (χ3v) is 4.10. The maximum absolute atomic E-state index is 6.10. The molecule has 2 aromatic carbocycles. The minimum absolute atomic E-state index is 0.176. The molecule has 1 atom stereocenters. The van der Waals surface area contributed by atoms with Crippen molar-refractivity contribution < 1.29 is 4.74 Å². The van der Waals surface area contributed by atoms with E-state index in [0.29, 0.717) is 19.1 Å². The summed E-state index contributed by atoms with van der Waals surface area (Å²) in [6.45, 7) is 3.20. The van der Waals surface area contributed by atoms with Gasteiger partial charge in [-0.1, -0.05) is 48.0 Å². The van der Waals surface area contributed by atoms with E-state index in [1.807, 2.05) is 24.3 Å². The number of ether oxygens (including phenoxy) is 1. The summed E-state index contributed by atoms with van der Waals surface area (Å²) in [7, 11) is 5.78. The number of anilines is 1. The number of methoxy groups -OCH3 is 1. The number of para-hydroxylation sites is 1. The standard InChI is InChI=1S/C20H28N4O/c1-15-9-11-16(12-10-15)19(24(2)3)13-22-20(21)23-18-8-6-5-7-17(18)14-25-4/h5-12,19H,13-14H2,1-4H3,(H3,21,22,23). The summed E-state index contributed by atoms with van der Waals surface area (Å²) in [4.78, 5) is 6.69. The van der Waals surface area contributed by atoms with E-state index in [0.717, 1.165) is 11.3 Å². The van der Waals surface area contributed by atoms with E-state index in [-0.39, 0.29) is 6.04 Å². The summed E-state index contributed by atoms with van der Waals surface area (Å²) in [5, 5.41) is 3.18. The molecule has 5 heteroatoms. The van der Waals surface area contributed by atoms with Crippen LogP contribution in [0.1, 0.15) is 22.7 Å². The van der Waals surface area contributed by atoms with Crippen LogP contribution in [0.25, 0.3) is 0 Å². The van der Waals surface area contributed by atoms with Crippen molar-refractivity contribution in [1.29, 1.82) is 0 Å². The van der Waals surface area contributed by atoms with Gasteiger partial charge in [-0.3, -0.25) is 4.99 Å². The van der Waals surface area contributed by atoms with Crippen LogP contribution in [0, 0.1) is 6.92 Å². The zero-order valence-corrected chi connectivity index (χ0v) is 15.5. The Labute approximate surface area is 150 Å². The van der Waals surface area contributed by atoms with Crippen molar-refractivity contribution in [3.8, 4) is 0 Å². The molecule has 0 heterocycles. The Bertz CT molecular complexity index is 695. The Morgan fingerprint density at radius 2 is 1.84 bits per heavy atom. The molecular weight excluding hydrogens is 312 g/mol. The Hall–Kier alpha value is -2.37. The Kier molecular flexibility index (Phi) is 6.98. The summed E-state index contributed by atoms with van der Waals surface area (Å²) >= 11 is 0. The molecule has 0 saturated carbocycles. The minimum atomic E-state index is 0.176. The van der Waals surface area contributed by atoms with Gasteiger partial charge in [0.25, 0.3) is 0 Å². The van der Waals surface area contributed by atoms with Crippen LogP contribution in [0.2, 0.25) is 0 Å². The molecule has 25 heavy (non-hydrogen) atoms. The number of nitrogens with one attached hydrogen (secondary N) is 1. The van der Waals surface area contributed by atoms with Crippen molar-refractivity contribution in [1.82, 2.24) is 4.90 Å². The molecule has 0 bridgehead atoms. The molecule has 0 spiro atoms. The fraction of sp³-hybridized carbons (Fsp3) is 0.350. The highest BCUT2D eigenvalue weighted by Crippen LogP contribution is 2.19. The van der Waals surface area contributed by atoms with Crippen LogP contribution in [0.3, 0.4) is 0 Å². The van der Waals surface area contributed by atoms with Gasteiger partial charge < -0.3 is 20.7 Å². The monoisotopic (exact) mass is 340 g/mol. The zero-order chi connectivity index (χ0) is 18.2. The molecule has 0 saturated heterocycles. The summed E-state index contributed by atoms with van der Waals surface area (Å²) in [5.74, 6) is 0.405. The van der Waals surface area contributed by atoms with Crippen LogP contribution >= 0.6 is 0 Å². The number of aryl methyl sites for hydroxylation is 1. The molecule has 2 rings (SSSR count). The SMILES string of the molecule is COCc1ccccc1NC(N)=NCC(c1ccc(C)cc1)N(C)C. The van der Waals surface area contributed by atoms with Gasteiger partial charge >= 0.3 is 0 Å². The van der Waals surface area contributed by atoms with E-state index in [9.17, 15) is 0 Å². The van der Waals surface area contributed by atoms with Crippen LogP contribution in [0.5, 0.6) is 0 Å². The molecule has 0 amide bonds. The third kappa shape index (κ3) is 5.59. The average Bonchev–Trinajstić information content (AvgIpc) is 2.58. The number of rotatable bonds is 7. The van der Waals surface area contributed by atoms with Gasteiger partial charge in [-0.15, -0.1) is 0 Å². The fourth-order valence-electron chi connectivity index (χ4n) is 2.64. The second-order valence-electron chi connectivity index (χ2n) is 6.33. The molecule has 5 nitrogen and oxygen atoms in total. The highest BCUT2D eigenvalue weighted by molar-refractivity contribution is 5.93. The summed E-state index contributed by atoms with van der Waals surface area (Å²) in [6.07, 6.45) is 0. The summed E-state index contributed by atoms with van der Waals surface area (Å²) < 4.78 is 5.22. The predicted octanol–water partition coefficient (Wildman–Crippen LogP) is 3.17. The first-order valence-electron chi connectivity index (χ1n) is 8.38. The van der Waals surface area contributed by atoms with Gasteiger partial charge in [-0.05, 0) is 32.6 Å². The molecule has 134 valence electrons. The number of nitrogens with zero attached hydrogens (tertiary/aromatic N) is 2. The largest absolute Gasteiger partial charge is 0.380 e. The van der Waals surface area contributed by atoms with Gasteiger partial charge in [0.2, 0.25) is 0 Å². The fourth-order valence-corrected chi connectivity index (χ4v) is 2.64. The molecule has 0 aromatic heterocycles. The van der Waals surface area contributed by atoms with Crippen molar-refractivity contribution in [2.45, 2.75) is 19.6 Å². The molecule has 0 fully saturated rings. The maximum Gasteiger partial charge on any atom is 0.193 e. The van der Waals surface area contributed by atoms with Gasteiger partial charge in [-0.25, -0.2) is 0 Å². The number of aliphatic imine (C=N–C) groups is 1. The second-order valence-corrected chi connectivity index (χ2v) is 6.33. The van der Waals surface area contributed by atoms with Crippen LogP contribution in [-0.4, -0.2) is 38.6 Å². The van der Waals surface area contributed by atoms with Gasteiger partial charge in [-0.2, -0.15) is 0 Å². The normalized spacial score (nSPS) is 13.1. The van der Waals surface area contributed by atoms with E-state index in [1.165, 1.54) is 11.1 Å². The molecule has 1 unspecified atom stereocenters. The van der Waals surface area contributed by atoms with Gasteiger partial charge in [0.05, 0.1) is 19.2 Å². The maximum atomic E-state index is 6.10. The van der Waals surface area contributed by atoms with Gasteiger partial charge in [0, 0.05) is 18.4 Å². The van der Waals surface area contributed by atoms with Gasteiger partial charge in [0.15, 0.2) is 5.96 Å². The number of nitrogens with two attached hydrogens (primary N) is 1.